The fraction of sp³-hybridized carbons (Fsp3) is 0.591. The predicted molar refractivity (Wildman–Crippen MR) is 108 cm³/mol. The van der Waals surface area contributed by atoms with Crippen LogP contribution < -0.4 is 0 Å². The number of aromatic nitrogens is 1. The Morgan fingerprint density at radius 3 is 2.59 bits per heavy atom. The zero-order chi connectivity index (χ0) is 19.4. The number of carbonyl (C=O) groups excluding carboxylic acids is 1. The topological polar surface area (TPSA) is 43.7 Å². The lowest BCUT2D eigenvalue weighted by Gasteiger charge is -2.40. The largest absolute Gasteiger partial charge is 0.466 e. The highest BCUT2D eigenvalue weighted by molar-refractivity contribution is 5.85. The molecule has 1 saturated heterocycles. The normalized spacial score (nSPS) is 17.3. The van der Waals surface area contributed by atoms with Crippen molar-refractivity contribution in [2.24, 2.45) is 12.5 Å². The third kappa shape index (κ3) is 3.90. The van der Waals surface area contributed by atoms with Gasteiger partial charge in [0.05, 0.1) is 12.0 Å². The Morgan fingerprint density at radius 2 is 1.93 bits per heavy atom. The molecule has 1 fully saturated rings. The van der Waals surface area contributed by atoms with Gasteiger partial charge >= 0.3 is 5.97 Å². The number of carbonyl (C=O) groups is 1. The molecule has 0 unspecified atom stereocenters. The molecule has 0 aliphatic carbocycles. The second-order valence-corrected chi connectivity index (χ2v) is 7.66. The number of rotatable bonds is 7. The first-order valence-electron chi connectivity index (χ1n) is 9.94. The highest BCUT2D eigenvalue weighted by Crippen LogP contribution is 2.37. The van der Waals surface area contributed by atoms with Crippen LogP contribution in [0.5, 0.6) is 0 Å². The highest BCUT2D eigenvalue weighted by atomic mass is 16.5. The summed E-state index contributed by atoms with van der Waals surface area (Å²) in [6.07, 6.45) is 2.40. The van der Waals surface area contributed by atoms with Crippen molar-refractivity contribution in [1.82, 2.24) is 9.47 Å². The summed E-state index contributed by atoms with van der Waals surface area (Å²) in [7, 11) is 3.82. The molecule has 0 saturated carbocycles. The van der Waals surface area contributed by atoms with E-state index in [-0.39, 0.29) is 5.97 Å². The maximum absolute atomic E-state index is 12.6. The molecule has 0 atom stereocenters. The first-order chi connectivity index (χ1) is 13.0. The van der Waals surface area contributed by atoms with Crippen LogP contribution in [-0.2, 0) is 27.9 Å². The lowest BCUT2D eigenvalue weighted by atomic mass is 9.75. The van der Waals surface area contributed by atoms with E-state index in [4.69, 9.17) is 9.47 Å². The van der Waals surface area contributed by atoms with Crippen molar-refractivity contribution < 1.29 is 14.3 Å². The van der Waals surface area contributed by atoms with E-state index in [9.17, 15) is 4.79 Å². The van der Waals surface area contributed by atoms with Crippen molar-refractivity contribution in [1.29, 1.82) is 0 Å². The third-order valence-corrected chi connectivity index (χ3v) is 6.22. The van der Waals surface area contributed by atoms with Crippen molar-refractivity contribution in [2.45, 2.75) is 39.7 Å². The van der Waals surface area contributed by atoms with E-state index < -0.39 is 5.41 Å². The highest BCUT2D eigenvalue weighted by Gasteiger charge is 2.42. The van der Waals surface area contributed by atoms with Gasteiger partial charge in [-0.25, -0.2) is 0 Å². The molecule has 0 amide bonds. The minimum atomic E-state index is -0.393. The lowest BCUT2D eigenvalue weighted by molar-refractivity contribution is -0.160. The first-order valence-corrected chi connectivity index (χ1v) is 9.94. The van der Waals surface area contributed by atoms with E-state index in [0.717, 1.165) is 38.9 Å². The van der Waals surface area contributed by atoms with E-state index in [0.29, 0.717) is 13.2 Å². The standard InChI is InChI=1S/C22H32N2O3/c1-5-27-21(25)22(12-15-26-4)10-13-24(14-11-22)16-19-17(2)23(3)20-9-7-6-8-18(19)20/h6-9H,5,10-16H2,1-4H3. The summed E-state index contributed by atoms with van der Waals surface area (Å²) >= 11 is 0. The Labute approximate surface area is 162 Å². The summed E-state index contributed by atoms with van der Waals surface area (Å²) < 4.78 is 12.9. The molecule has 1 aromatic heterocycles. The van der Waals surface area contributed by atoms with Crippen molar-refractivity contribution in [3.8, 4) is 0 Å². The van der Waals surface area contributed by atoms with Gasteiger partial charge in [0.1, 0.15) is 0 Å². The van der Waals surface area contributed by atoms with Gasteiger partial charge in [-0.1, -0.05) is 18.2 Å². The molecule has 0 spiro atoms. The number of ether oxygens (including phenoxy) is 2. The molecule has 1 aromatic carbocycles. The Hall–Kier alpha value is -1.85. The van der Waals surface area contributed by atoms with Crippen LogP contribution in [0.4, 0.5) is 0 Å². The van der Waals surface area contributed by atoms with E-state index in [2.05, 4.69) is 47.7 Å². The van der Waals surface area contributed by atoms with Gasteiger partial charge in [0.15, 0.2) is 0 Å². The fourth-order valence-electron chi connectivity index (χ4n) is 4.30. The Kier molecular flexibility index (Phi) is 6.22. The van der Waals surface area contributed by atoms with Crippen LogP contribution in [0.3, 0.4) is 0 Å². The van der Waals surface area contributed by atoms with Crippen molar-refractivity contribution >= 4 is 16.9 Å². The van der Waals surface area contributed by atoms with Crippen LogP contribution in [-0.4, -0.2) is 48.8 Å². The van der Waals surface area contributed by atoms with Gasteiger partial charge in [-0.05, 0) is 57.8 Å². The zero-order valence-electron chi connectivity index (χ0n) is 17.1. The van der Waals surface area contributed by atoms with Gasteiger partial charge in [-0.15, -0.1) is 0 Å². The molecule has 2 aromatic rings. The summed E-state index contributed by atoms with van der Waals surface area (Å²) in [5, 5.41) is 1.33. The summed E-state index contributed by atoms with van der Waals surface area (Å²) in [4.78, 5) is 15.1. The summed E-state index contributed by atoms with van der Waals surface area (Å²) in [6.45, 7) is 7.85. The molecule has 1 aliphatic heterocycles. The average Bonchev–Trinajstić information content (AvgIpc) is 2.93. The summed E-state index contributed by atoms with van der Waals surface area (Å²) in [5.41, 5.74) is 3.60. The number of aryl methyl sites for hydroxylation is 1. The van der Waals surface area contributed by atoms with Gasteiger partial charge in [-0.2, -0.15) is 0 Å². The van der Waals surface area contributed by atoms with Crippen LogP contribution in [0.2, 0.25) is 0 Å². The molecule has 0 bridgehead atoms. The number of methoxy groups -OCH3 is 1. The minimum Gasteiger partial charge on any atom is -0.466 e. The van der Waals surface area contributed by atoms with Gasteiger partial charge in [0, 0.05) is 43.9 Å². The third-order valence-electron chi connectivity index (χ3n) is 6.22. The molecule has 2 heterocycles. The van der Waals surface area contributed by atoms with E-state index >= 15 is 0 Å². The number of esters is 1. The van der Waals surface area contributed by atoms with E-state index in [1.807, 2.05) is 6.92 Å². The van der Waals surface area contributed by atoms with Crippen LogP contribution in [0.1, 0.15) is 37.4 Å². The number of hydrogen-bond acceptors (Lipinski definition) is 4. The molecule has 5 heteroatoms. The minimum absolute atomic E-state index is 0.0527. The molecule has 0 radical (unpaired) electrons. The van der Waals surface area contributed by atoms with Crippen molar-refractivity contribution in [3.05, 3.63) is 35.5 Å². The quantitative estimate of drug-likeness (QED) is 0.696. The number of hydrogen-bond donors (Lipinski definition) is 0. The van der Waals surface area contributed by atoms with Gasteiger partial charge in [0.25, 0.3) is 0 Å². The maximum Gasteiger partial charge on any atom is 0.312 e. The van der Waals surface area contributed by atoms with Crippen LogP contribution >= 0.6 is 0 Å². The van der Waals surface area contributed by atoms with Gasteiger partial charge < -0.3 is 14.0 Å². The van der Waals surface area contributed by atoms with Gasteiger partial charge in [-0.3, -0.25) is 9.69 Å². The Balaban J connectivity index is 1.74. The van der Waals surface area contributed by atoms with Gasteiger partial charge in [0.2, 0.25) is 0 Å². The second-order valence-electron chi connectivity index (χ2n) is 7.66. The number of fused-ring (bicyclic) bond motifs is 1. The smallest absolute Gasteiger partial charge is 0.312 e. The summed E-state index contributed by atoms with van der Waals surface area (Å²) in [6, 6.07) is 8.59. The van der Waals surface area contributed by atoms with E-state index in [1.54, 1.807) is 7.11 Å². The Bertz CT molecular complexity index is 788. The van der Waals surface area contributed by atoms with Crippen molar-refractivity contribution in [2.75, 3.05) is 33.4 Å². The number of benzene rings is 1. The molecule has 3 rings (SSSR count). The van der Waals surface area contributed by atoms with Crippen LogP contribution in [0.25, 0.3) is 10.9 Å². The molecule has 1 aliphatic rings. The van der Waals surface area contributed by atoms with Crippen molar-refractivity contribution in [3.63, 3.8) is 0 Å². The van der Waals surface area contributed by atoms with Crippen LogP contribution in [0, 0.1) is 12.3 Å². The number of piperidine rings is 1. The molecule has 148 valence electrons. The van der Waals surface area contributed by atoms with E-state index in [1.165, 1.54) is 22.2 Å². The molecule has 27 heavy (non-hydrogen) atoms. The number of para-hydroxylation sites is 1. The lowest BCUT2D eigenvalue weighted by Crippen LogP contribution is -2.45. The maximum atomic E-state index is 12.6. The monoisotopic (exact) mass is 372 g/mol. The SMILES string of the molecule is CCOC(=O)C1(CCOC)CCN(Cc2c(C)n(C)c3ccccc23)CC1. The number of likely N-dealkylation sites (tertiary alicyclic amines) is 1. The summed E-state index contributed by atoms with van der Waals surface area (Å²) in [5.74, 6) is -0.0527. The molecule has 5 nitrogen and oxygen atoms in total. The first kappa shape index (κ1) is 19.9. The molecular formula is C22H32N2O3. The predicted octanol–water partition coefficient (Wildman–Crippen LogP) is 3.67. The second kappa shape index (κ2) is 8.44. The molecular weight excluding hydrogens is 340 g/mol. The Morgan fingerprint density at radius 1 is 1.22 bits per heavy atom. The number of nitrogens with zero attached hydrogens (tertiary/aromatic N) is 2. The van der Waals surface area contributed by atoms with Crippen LogP contribution in [0.15, 0.2) is 24.3 Å². The fourth-order valence-corrected chi connectivity index (χ4v) is 4.30. The average molecular weight is 373 g/mol. The zero-order valence-corrected chi connectivity index (χ0v) is 17.1. The molecule has 0 N–H and O–H groups in total.